The molecule has 128 valence electrons. The van der Waals surface area contributed by atoms with E-state index in [9.17, 15) is 9.59 Å². The quantitative estimate of drug-likeness (QED) is 0.849. The highest BCUT2D eigenvalue weighted by Gasteiger charge is 2.15. The molecule has 0 unspecified atom stereocenters. The summed E-state index contributed by atoms with van der Waals surface area (Å²) in [5.41, 5.74) is 2.36. The zero-order chi connectivity index (χ0) is 15.8. The van der Waals surface area contributed by atoms with Crippen molar-refractivity contribution in [2.45, 2.75) is 26.2 Å². The summed E-state index contributed by atoms with van der Waals surface area (Å²) in [6.45, 7) is 5.41. The predicted molar refractivity (Wildman–Crippen MR) is 93.8 cm³/mol. The lowest BCUT2D eigenvalue weighted by molar-refractivity contribution is -0.132. The number of hydrogen-bond acceptors (Lipinski definition) is 3. The Morgan fingerprint density at radius 1 is 1.17 bits per heavy atom. The fourth-order valence-electron chi connectivity index (χ4n) is 2.48. The third-order valence-electron chi connectivity index (χ3n) is 3.89. The van der Waals surface area contributed by atoms with Gasteiger partial charge in [0.25, 0.3) is 0 Å². The van der Waals surface area contributed by atoms with Crippen molar-refractivity contribution >= 4 is 24.2 Å². The molecule has 1 saturated heterocycles. The van der Waals surface area contributed by atoms with Gasteiger partial charge in [0.05, 0.1) is 6.54 Å². The largest absolute Gasteiger partial charge is 0.347 e. The van der Waals surface area contributed by atoms with E-state index in [-0.39, 0.29) is 30.8 Å². The van der Waals surface area contributed by atoms with Crippen molar-refractivity contribution in [3.8, 4) is 0 Å². The monoisotopic (exact) mass is 339 g/mol. The minimum absolute atomic E-state index is 0. The number of amides is 2. The summed E-state index contributed by atoms with van der Waals surface area (Å²) in [7, 11) is 0. The van der Waals surface area contributed by atoms with Crippen molar-refractivity contribution < 1.29 is 9.59 Å². The second-order valence-electron chi connectivity index (χ2n) is 5.75. The SMILES string of the molecule is Cc1ccc(CCC(=O)NCC(=O)N2CCCNCC2)cc1.Cl. The van der Waals surface area contributed by atoms with Crippen molar-refractivity contribution in [3.05, 3.63) is 35.4 Å². The standard InChI is InChI=1S/C17H25N3O2.ClH/c1-14-3-5-15(6-4-14)7-8-16(21)19-13-17(22)20-11-2-9-18-10-12-20;/h3-6,18H,2,7-13H2,1H3,(H,19,21);1H. The summed E-state index contributed by atoms with van der Waals surface area (Å²) >= 11 is 0. The fourth-order valence-corrected chi connectivity index (χ4v) is 2.48. The fraction of sp³-hybridized carbons (Fsp3) is 0.529. The minimum Gasteiger partial charge on any atom is -0.347 e. The molecule has 0 saturated carbocycles. The van der Waals surface area contributed by atoms with E-state index < -0.39 is 0 Å². The van der Waals surface area contributed by atoms with E-state index in [4.69, 9.17) is 0 Å². The minimum atomic E-state index is -0.0677. The highest BCUT2D eigenvalue weighted by atomic mass is 35.5. The molecule has 0 atom stereocenters. The van der Waals surface area contributed by atoms with Gasteiger partial charge in [0.15, 0.2) is 0 Å². The second-order valence-corrected chi connectivity index (χ2v) is 5.75. The zero-order valence-corrected chi connectivity index (χ0v) is 14.5. The molecule has 0 aliphatic carbocycles. The van der Waals surface area contributed by atoms with Crippen LogP contribution in [0.1, 0.15) is 24.0 Å². The van der Waals surface area contributed by atoms with Crippen molar-refractivity contribution in [3.63, 3.8) is 0 Å². The summed E-state index contributed by atoms with van der Waals surface area (Å²) in [5, 5.41) is 5.99. The van der Waals surface area contributed by atoms with Gasteiger partial charge in [-0.3, -0.25) is 9.59 Å². The van der Waals surface area contributed by atoms with Crippen LogP contribution < -0.4 is 10.6 Å². The average Bonchev–Trinajstić information content (AvgIpc) is 2.81. The lowest BCUT2D eigenvalue weighted by atomic mass is 10.1. The van der Waals surface area contributed by atoms with Crippen molar-refractivity contribution in [1.29, 1.82) is 0 Å². The number of nitrogens with one attached hydrogen (secondary N) is 2. The average molecular weight is 340 g/mol. The third-order valence-corrected chi connectivity index (χ3v) is 3.89. The van der Waals surface area contributed by atoms with Crippen molar-refractivity contribution in [1.82, 2.24) is 15.5 Å². The van der Waals surface area contributed by atoms with Crippen LogP contribution in [0.25, 0.3) is 0 Å². The number of benzene rings is 1. The Kier molecular flexibility index (Phi) is 8.66. The molecule has 0 radical (unpaired) electrons. The maximum atomic E-state index is 12.1. The van der Waals surface area contributed by atoms with E-state index in [1.165, 1.54) is 5.56 Å². The van der Waals surface area contributed by atoms with Gasteiger partial charge in [-0.15, -0.1) is 12.4 Å². The number of aryl methyl sites for hydroxylation is 2. The molecular weight excluding hydrogens is 314 g/mol. The van der Waals surface area contributed by atoms with Gasteiger partial charge in [-0.1, -0.05) is 29.8 Å². The Balaban J connectivity index is 0.00000264. The lowest BCUT2D eigenvalue weighted by Gasteiger charge is -2.20. The summed E-state index contributed by atoms with van der Waals surface area (Å²) in [6.07, 6.45) is 2.08. The van der Waals surface area contributed by atoms with Crippen LogP contribution in [0, 0.1) is 6.92 Å². The van der Waals surface area contributed by atoms with Crippen LogP contribution in [0.3, 0.4) is 0 Å². The predicted octanol–water partition coefficient (Wildman–Crippen LogP) is 1.29. The number of carbonyl (C=O) groups is 2. The van der Waals surface area contributed by atoms with Crippen LogP contribution in [0.4, 0.5) is 0 Å². The first-order valence-electron chi connectivity index (χ1n) is 7.96. The topological polar surface area (TPSA) is 61.4 Å². The van der Waals surface area contributed by atoms with E-state index in [1.54, 1.807) is 0 Å². The molecule has 1 aliphatic rings. The maximum Gasteiger partial charge on any atom is 0.242 e. The summed E-state index contributed by atoms with van der Waals surface area (Å²) in [6, 6.07) is 8.17. The molecule has 23 heavy (non-hydrogen) atoms. The summed E-state index contributed by atoms with van der Waals surface area (Å²) in [4.78, 5) is 25.7. The molecule has 1 heterocycles. The first-order valence-corrected chi connectivity index (χ1v) is 7.96. The van der Waals surface area contributed by atoms with Gasteiger partial charge < -0.3 is 15.5 Å². The Bertz CT molecular complexity index is 497. The molecule has 6 heteroatoms. The maximum absolute atomic E-state index is 12.1. The normalized spacial score (nSPS) is 14.6. The lowest BCUT2D eigenvalue weighted by Crippen LogP contribution is -2.41. The molecule has 2 amide bonds. The Morgan fingerprint density at radius 3 is 2.65 bits per heavy atom. The van der Waals surface area contributed by atoms with Crippen molar-refractivity contribution in [2.75, 3.05) is 32.7 Å². The molecule has 1 aromatic carbocycles. The first-order chi connectivity index (χ1) is 10.6. The third kappa shape index (κ3) is 7.01. The van der Waals surface area contributed by atoms with E-state index >= 15 is 0 Å². The van der Waals surface area contributed by atoms with Crippen LogP contribution >= 0.6 is 12.4 Å². The zero-order valence-electron chi connectivity index (χ0n) is 13.6. The highest BCUT2D eigenvalue weighted by molar-refractivity contribution is 5.85. The molecule has 1 aliphatic heterocycles. The van der Waals surface area contributed by atoms with E-state index in [0.29, 0.717) is 12.8 Å². The first kappa shape index (κ1) is 19.5. The van der Waals surface area contributed by atoms with Gasteiger partial charge >= 0.3 is 0 Å². The van der Waals surface area contributed by atoms with Gasteiger partial charge in [-0.05, 0) is 31.9 Å². The Hall–Kier alpha value is -1.59. The van der Waals surface area contributed by atoms with Crippen LogP contribution in [-0.4, -0.2) is 49.4 Å². The van der Waals surface area contributed by atoms with Crippen LogP contribution in [-0.2, 0) is 16.0 Å². The molecular formula is C17H26ClN3O2. The van der Waals surface area contributed by atoms with Crippen LogP contribution in [0.2, 0.25) is 0 Å². The van der Waals surface area contributed by atoms with E-state index in [0.717, 1.165) is 38.2 Å². The van der Waals surface area contributed by atoms with Gasteiger partial charge in [-0.2, -0.15) is 0 Å². The highest BCUT2D eigenvalue weighted by Crippen LogP contribution is 2.05. The number of hydrogen-bond donors (Lipinski definition) is 2. The second kappa shape index (κ2) is 10.2. The molecule has 2 N–H and O–H groups in total. The van der Waals surface area contributed by atoms with Gasteiger partial charge in [-0.25, -0.2) is 0 Å². The molecule has 0 spiro atoms. The van der Waals surface area contributed by atoms with Crippen LogP contribution in [0.15, 0.2) is 24.3 Å². The number of nitrogens with zero attached hydrogens (tertiary/aromatic N) is 1. The number of halogens is 1. The van der Waals surface area contributed by atoms with E-state index in [1.807, 2.05) is 36.1 Å². The van der Waals surface area contributed by atoms with Crippen molar-refractivity contribution in [2.24, 2.45) is 0 Å². The van der Waals surface area contributed by atoms with Crippen LogP contribution in [0.5, 0.6) is 0 Å². The van der Waals surface area contributed by atoms with Gasteiger partial charge in [0.1, 0.15) is 0 Å². The van der Waals surface area contributed by atoms with E-state index in [2.05, 4.69) is 10.6 Å². The number of rotatable bonds is 5. The van der Waals surface area contributed by atoms with Gasteiger partial charge in [0, 0.05) is 26.1 Å². The number of carbonyl (C=O) groups excluding carboxylic acids is 2. The smallest absolute Gasteiger partial charge is 0.242 e. The summed E-state index contributed by atoms with van der Waals surface area (Å²) in [5.74, 6) is -0.0609. The molecule has 0 bridgehead atoms. The molecule has 1 aromatic rings. The molecule has 5 nitrogen and oxygen atoms in total. The Labute approximate surface area is 144 Å². The molecule has 1 fully saturated rings. The Morgan fingerprint density at radius 2 is 1.91 bits per heavy atom. The molecule has 0 aromatic heterocycles. The summed E-state index contributed by atoms with van der Waals surface area (Å²) < 4.78 is 0. The molecule has 2 rings (SSSR count). The van der Waals surface area contributed by atoms with Gasteiger partial charge in [0.2, 0.25) is 11.8 Å².